The molecule has 11 nitrogen and oxygen atoms in total. The second-order valence-corrected chi connectivity index (χ2v) is 11.4. The van der Waals surface area contributed by atoms with Crippen molar-refractivity contribution in [3.63, 3.8) is 0 Å². The molecule has 1 atom stereocenters. The Labute approximate surface area is 274 Å². The standard InChI is InChI=1S/C35H43FN6O5/c1-6-41(7-2)17-16-38-33(44)32-21(3)29(40-22(32)4)19-27-26-18-24(36)10-14-30(26)42(34(27)45)35(46)28(37)13-15-31(43)39-20-23-8-11-25(47-5)12-9-23/h8-12,14,18-19,28,40H,6-7,13,15-17,20,37H2,1-5H3,(H,38,44)(H,39,43)/b27-19-/t28-/m0/s1. The van der Waals surface area contributed by atoms with Gasteiger partial charge >= 0.3 is 0 Å². The first-order chi connectivity index (χ1) is 22.5. The van der Waals surface area contributed by atoms with Gasteiger partial charge in [0, 0.05) is 43.0 Å². The molecule has 0 saturated carbocycles. The third kappa shape index (κ3) is 8.13. The first-order valence-corrected chi connectivity index (χ1v) is 15.7. The normalized spacial score (nSPS) is 14.0. The van der Waals surface area contributed by atoms with Gasteiger partial charge < -0.3 is 31.0 Å². The molecule has 12 heteroatoms. The molecule has 3 aromatic rings. The Bertz CT molecular complexity index is 1660. The fraction of sp³-hybridized carbons (Fsp3) is 0.371. The van der Waals surface area contributed by atoms with Crippen molar-refractivity contribution < 1.29 is 28.3 Å². The van der Waals surface area contributed by atoms with E-state index in [4.69, 9.17) is 10.5 Å². The van der Waals surface area contributed by atoms with E-state index in [-0.39, 0.29) is 41.5 Å². The summed E-state index contributed by atoms with van der Waals surface area (Å²) in [6.45, 7) is 10.9. The van der Waals surface area contributed by atoms with Gasteiger partial charge in [0.05, 0.1) is 30.0 Å². The van der Waals surface area contributed by atoms with Crippen LogP contribution in [0.1, 0.15) is 65.1 Å². The number of imide groups is 1. The minimum absolute atomic E-state index is 0.00565. The van der Waals surface area contributed by atoms with Gasteiger partial charge in [0.2, 0.25) is 5.91 Å². The Hall–Kier alpha value is -4.81. The number of nitrogens with one attached hydrogen (secondary N) is 3. The second-order valence-electron chi connectivity index (χ2n) is 11.4. The van der Waals surface area contributed by atoms with Crippen LogP contribution in [0.2, 0.25) is 0 Å². The van der Waals surface area contributed by atoms with Gasteiger partial charge in [-0.1, -0.05) is 26.0 Å². The van der Waals surface area contributed by atoms with E-state index in [1.54, 1.807) is 33.1 Å². The molecule has 47 heavy (non-hydrogen) atoms. The molecule has 4 rings (SSSR count). The summed E-state index contributed by atoms with van der Waals surface area (Å²) in [4.78, 5) is 59.1. The van der Waals surface area contributed by atoms with Crippen LogP contribution in [-0.4, -0.2) is 72.8 Å². The van der Waals surface area contributed by atoms with Gasteiger partial charge in [0.25, 0.3) is 17.7 Å². The highest BCUT2D eigenvalue weighted by Crippen LogP contribution is 2.39. The number of aromatic nitrogens is 1. The topological polar surface area (TPSA) is 150 Å². The number of nitrogens with two attached hydrogens (primary N) is 1. The lowest BCUT2D eigenvalue weighted by Crippen LogP contribution is -2.45. The van der Waals surface area contributed by atoms with Crippen LogP contribution in [0.4, 0.5) is 10.1 Å². The third-order valence-corrected chi connectivity index (χ3v) is 8.39. The highest BCUT2D eigenvalue weighted by molar-refractivity contribution is 6.42. The molecule has 2 heterocycles. The van der Waals surface area contributed by atoms with E-state index in [9.17, 15) is 23.6 Å². The lowest BCUT2D eigenvalue weighted by molar-refractivity contribution is -0.124. The maximum absolute atomic E-state index is 14.4. The van der Waals surface area contributed by atoms with Crippen molar-refractivity contribution in [2.75, 3.05) is 38.2 Å². The van der Waals surface area contributed by atoms with Gasteiger partial charge in [-0.3, -0.25) is 19.2 Å². The molecule has 250 valence electrons. The van der Waals surface area contributed by atoms with Crippen LogP contribution < -0.4 is 26.0 Å². The lowest BCUT2D eigenvalue weighted by atomic mass is 10.0. The molecule has 2 aromatic carbocycles. The molecule has 1 aliphatic heterocycles. The number of nitrogens with zero attached hydrogens (tertiary/aromatic N) is 2. The number of hydrogen-bond donors (Lipinski definition) is 4. The summed E-state index contributed by atoms with van der Waals surface area (Å²) in [5.74, 6) is -1.80. The molecule has 0 aliphatic carbocycles. The first kappa shape index (κ1) is 35.1. The van der Waals surface area contributed by atoms with Gasteiger partial charge in [0.15, 0.2) is 0 Å². The summed E-state index contributed by atoms with van der Waals surface area (Å²) < 4.78 is 19.6. The van der Waals surface area contributed by atoms with E-state index in [1.807, 2.05) is 12.1 Å². The van der Waals surface area contributed by atoms with Crippen molar-refractivity contribution in [1.29, 1.82) is 0 Å². The molecule has 0 bridgehead atoms. The van der Waals surface area contributed by atoms with Gasteiger partial charge in [-0.15, -0.1) is 0 Å². The molecule has 0 fully saturated rings. The summed E-state index contributed by atoms with van der Waals surface area (Å²) in [5.41, 5.74) is 9.75. The molecular weight excluding hydrogens is 603 g/mol. The summed E-state index contributed by atoms with van der Waals surface area (Å²) in [6, 6.07) is 9.80. The Kier molecular flexibility index (Phi) is 11.7. The van der Waals surface area contributed by atoms with E-state index in [2.05, 4.69) is 34.4 Å². The average Bonchev–Trinajstić information content (AvgIpc) is 3.50. The van der Waals surface area contributed by atoms with Gasteiger partial charge in [-0.2, -0.15) is 0 Å². The summed E-state index contributed by atoms with van der Waals surface area (Å²) in [5, 5.41) is 5.75. The predicted molar refractivity (Wildman–Crippen MR) is 179 cm³/mol. The number of ether oxygens (including phenoxy) is 1. The maximum Gasteiger partial charge on any atom is 0.265 e. The van der Waals surface area contributed by atoms with Crippen LogP contribution in [0, 0.1) is 19.7 Å². The molecule has 0 spiro atoms. The quantitative estimate of drug-likeness (QED) is 0.195. The lowest BCUT2D eigenvalue weighted by Gasteiger charge is -2.19. The number of aryl methyl sites for hydroxylation is 1. The summed E-state index contributed by atoms with van der Waals surface area (Å²) in [7, 11) is 1.57. The highest BCUT2D eigenvalue weighted by Gasteiger charge is 2.39. The SMILES string of the molecule is CCN(CC)CCNC(=O)c1c(C)[nH]c(/C=C2\C(=O)N(C(=O)[C@@H](N)CCC(=O)NCc3ccc(OC)cc3)c3ccc(F)cc32)c1C. The number of carbonyl (C=O) groups is 4. The van der Waals surface area contributed by atoms with E-state index in [0.717, 1.165) is 36.2 Å². The van der Waals surface area contributed by atoms with Crippen molar-refractivity contribution >= 4 is 41.0 Å². The predicted octanol–water partition coefficient (Wildman–Crippen LogP) is 3.69. The van der Waals surface area contributed by atoms with Crippen molar-refractivity contribution in [2.45, 2.75) is 53.1 Å². The van der Waals surface area contributed by atoms with Crippen molar-refractivity contribution in [2.24, 2.45) is 5.73 Å². The molecule has 0 unspecified atom stereocenters. The average molecular weight is 647 g/mol. The van der Waals surface area contributed by atoms with Crippen LogP contribution in [0.5, 0.6) is 5.75 Å². The fourth-order valence-corrected chi connectivity index (χ4v) is 5.59. The molecule has 5 N–H and O–H groups in total. The number of benzene rings is 2. The van der Waals surface area contributed by atoms with Gasteiger partial charge in [0.1, 0.15) is 11.6 Å². The summed E-state index contributed by atoms with van der Waals surface area (Å²) >= 11 is 0. The second kappa shape index (κ2) is 15.7. The number of amides is 4. The van der Waals surface area contributed by atoms with E-state index in [0.29, 0.717) is 41.4 Å². The summed E-state index contributed by atoms with van der Waals surface area (Å²) in [6.07, 6.45) is 1.49. The van der Waals surface area contributed by atoms with Crippen LogP contribution in [0.3, 0.4) is 0 Å². The minimum atomic E-state index is -1.16. The highest BCUT2D eigenvalue weighted by atomic mass is 19.1. The Morgan fingerprint density at radius 2 is 1.79 bits per heavy atom. The maximum atomic E-state index is 14.4. The molecule has 1 aliphatic rings. The number of H-pyrrole nitrogens is 1. The zero-order valence-corrected chi connectivity index (χ0v) is 27.5. The number of likely N-dealkylation sites (N-methyl/N-ethyl adjacent to an activating group) is 1. The number of hydrogen-bond acceptors (Lipinski definition) is 7. The van der Waals surface area contributed by atoms with Crippen LogP contribution in [-0.2, 0) is 20.9 Å². The van der Waals surface area contributed by atoms with E-state index in [1.165, 1.54) is 18.2 Å². The van der Waals surface area contributed by atoms with E-state index < -0.39 is 23.7 Å². The fourth-order valence-electron chi connectivity index (χ4n) is 5.59. The number of rotatable bonds is 14. The Morgan fingerprint density at radius 3 is 2.45 bits per heavy atom. The zero-order chi connectivity index (χ0) is 34.2. The van der Waals surface area contributed by atoms with Crippen molar-refractivity contribution in [1.82, 2.24) is 20.5 Å². The number of carbonyl (C=O) groups excluding carboxylic acids is 4. The number of fused-ring (bicyclic) bond motifs is 1. The zero-order valence-electron chi connectivity index (χ0n) is 27.5. The number of anilines is 1. The van der Waals surface area contributed by atoms with Crippen molar-refractivity contribution in [3.8, 4) is 5.75 Å². The molecule has 0 saturated heterocycles. The van der Waals surface area contributed by atoms with Crippen molar-refractivity contribution in [3.05, 3.63) is 81.9 Å². The minimum Gasteiger partial charge on any atom is -0.497 e. The van der Waals surface area contributed by atoms with Gasteiger partial charge in [-0.05, 0) is 80.9 Å². The molecule has 4 amide bonds. The van der Waals surface area contributed by atoms with Crippen LogP contribution in [0.15, 0.2) is 42.5 Å². The molecular formula is C35H43FN6O5. The van der Waals surface area contributed by atoms with Gasteiger partial charge in [-0.25, -0.2) is 9.29 Å². The molecule has 0 radical (unpaired) electrons. The number of aromatic amines is 1. The number of methoxy groups -OCH3 is 1. The number of halogens is 1. The smallest absolute Gasteiger partial charge is 0.265 e. The molecule has 1 aromatic heterocycles. The Balaban J connectivity index is 1.47. The van der Waals surface area contributed by atoms with Crippen LogP contribution in [0.25, 0.3) is 11.6 Å². The van der Waals surface area contributed by atoms with Crippen LogP contribution >= 0.6 is 0 Å². The first-order valence-electron chi connectivity index (χ1n) is 15.7. The monoisotopic (exact) mass is 646 g/mol. The third-order valence-electron chi connectivity index (χ3n) is 8.39. The Morgan fingerprint density at radius 1 is 1.09 bits per heavy atom. The largest absolute Gasteiger partial charge is 0.497 e. The van der Waals surface area contributed by atoms with E-state index >= 15 is 0 Å².